The highest BCUT2D eigenvalue weighted by Crippen LogP contribution is 2.38. The number of hydrogen-bond acceptors (Lipinski definition) is 2. The highest BCUT2D eigenvalue weighted by molar-refractivity contribution is 7.84. The quantitative estimate of drug-likeness (QED) is 0.135. The maximum absolute atomic E-state index is 14.6. The molecule has 4 aromatic carbocycles. The molecule has 0 fully saturated rings. The summed E-state index contributed by atoms with van der Waals surface area (Å²) >= 11 is 0. The number of nitrogens with zero attached hydrogens (tertiary/aromatic N) is 2. The molecule has 3 N–H and O–H groups in total. The molecule has 3 atom stereocenters. The number of halogens is 4. The third-order valence-electron chi connectivity index (χ3n) is 9.92. The summed E-state index contributed by atoms with van der Waals surface area (Å²) in [6.07, 6.45) is 3.70. The minimum Gasteiger partial charge on any atom is -0.345 e. The van der Waals surface area contributed by atoms with Crippen LogP contribution in [0.1, 0.15) is 96.9 Å². The lowest BCUT2D eigenvalue weighted by atomic mass is 9.85. The second kappa shape index (κ2) is 18.0. The second-order valence-corrected chi connectivity index (χ2v) is 19.9. The van der Waals surface area contributed by atoms with Crippen molar-refractivity contribution in [2.45, 2.75) is 92.2 Å². The summed E-state index contributed by atoms with van der Waals surface area (Å²) in [5.74, 6) is -1.87. The van der Waals surface area contributed by atoms with E-state index in [1.54, 1.807) is 0 Å². The minimum absolute atomic E-state index is 0.162. The molecule has 0 saturated carbocycles. The van der Waals surface area contributed by atoms with Crippen molar-refractivity contribution in [3.63, 3.8) is 0 Å². The van der Waals surface area contributed by atoms with Gasteiger partial charge in [-0.2, -0.15) is 0 Å². The molecular formula is C48H56F4N4OS. The van der Waals surface area contributed by atoms with Crippen molar-refractivity contribution in [3.05, 3.63) is 167 Å². The highest BCUT2D eigenvalue weighted by Gasteiger charge is 2.34. The molecule has 5 nitrogen and oxygen atoms in total. The molecule has 0 amide bonds. The molecule has 10 heteroatoms. The van der Waals surface area contributed by atoms with Crippen LogP contribution in [0.5, 0.6) is 0 Å². The normalized spacial score (nSPS) is 13.8. The highest BCUT2D eigenvalue weighted by atomic mass is 32.2. The average Bonchev–Trinajstić information content (AvgIpc) is 3.76. The Morgan fingerprint density at radius 1 is 0.586 bits per heavy atom. The number of hydrogen-bond donors (Lipinski definition) is 2. The van der Waals surface area contributed by atoms with Crippen molar-refractivity contribution in [2.24, 2.45) is 16.6 Å². The van der Waals surface area contributed by atoms with E-state index in [0.29, 0.717) is 24.2 Å². The van der Waals surface area contributed by atoms with E-state index in [2.05, 4.69) is 46.3 Å². The maximum Gasteiger partial charge on any atom is 0.131 e. The first-order valence-corrected chi connectivity index (χ1v) is 20.6. The first-order valence-electron chi connectivity index (χ1n) is 19.4. The summed E-state index contributed by atoms with van der Waals surface area (Å²) in [5, 5.41) is 0. The van der Waals surface area contributed by atoms with E-state index in [-0.39, 0.29) is 34.0 Å². The zero-order chi connectivity index (χ0) is 42.6. The van der Waals surface area contributed by atoms with Gasteiger partial charge in [-0.25, -0.2) is 26.5 Å². The first-order chi connectivity index (χ1) is 27.1. The lowest BCUT2D eigenvalue weighted by Crippen LogP contribution is -2.41. The molecule has 6 aromatic rings. The summed E-state index contributed by atoms with van der Waals surface area (Å²) in [6, 6.07) is 30.2. The monoisotopic (exact) mass is 812 g/mol. The molecule has 6 rings (SSSR count). The number of benzene rings is 4. The Kier molecular flexibility index (Phi) is 13.8. The van der Waals surface area contributed by atoms with Gasteiger partial charge in [0, 0.05) is 65.2 Å². The molecule has 2 heterocycles. The van der Waals surface area contributed by atoms with Gasteiger partial charge in [0.2, 0.25) is 0 Å². The van der Waals surface area contributed by atoms with Gasteiger partial charge in [0.05, 0.1) is 21.8 Å². The molecular weight excluding hydrogens is 757 g/mol. The molecule has 58 heavy (non-hydrogen) atoms. The van der Waals surface area contributed by atoms with Gasteiger partial charge in [-0.1, -0.05) is 102 Å². The summed E-state index contributed by atoms with van der Waals surface area (Å²) in [6.45, 7) is 19.4. The van der Waals surface area contributed by atoms with Crippen LogP contribution >= 0.6 is 0 Å². The van der Waals surface area contributed by atoms with Crippen molar-refractivity contribution in [1.29, 1.82) is 0 Å². The zero-order valence-electron chi connectivity index (χ0n) is 34.9. The van der Waals surface area contributed by atoms with E-state index in [1.807, 2.05) is 115 Å². The molecule has 1 unspecified atom stereocenters. The van der Waals surface area contributed by atoms with E-state index in [0.717, 1.165) is 46.8 Å². The fourth-order valence-corrected chi connectivity index (χ4v) is 7.58. The Labute approximate surface area is 343 Å². The van der Waals surface area contributed by atoms with E-state index < -0.39 is 39.0 Å². The number of rotatable bonds is 10. The average molecular weight is 813 g/mol. The van der Waals surface area contributed by atoms with Gasteiger partial charge in [-0.3, -0.25) is 0 Å². The topological polar surface area (TPSA) is 65.0 Å². The molecule has 0 aliphatic heterocycles. The van der Waals surface area contributed by atoms with Gasteiger partial charge in [0.1, 0.15) is 23.3 Å². The fraction of sp³-hybridized carbons (Fsp3) is 0.333. The summed E-state index contributed by atoms with van der Waals surface area (Å²) in [7, 11) is -1.31. The van der Waals surface area contributed by atoms with E-state index in [1.165, 1.54) is 12.1 Å². The molecule has 0 radical (unpaired) electrons. The van der Waals surface area contributed by atoms with Crippen molar-refractivity contribution in [2.75, 3.05) is 0 Å². The van der Waals surface area contributed by atoms with Crippen molar-refractivity contribution >= 4 is 11.0 Å². The molecule has 0 aliphatic rings. The Morgan fingerprint density at radius 3 is 1.40 bits per heavy atom. The second-order valence-electron chi connectivity index (χ2n) is 17.9. The summed E-state index contributed by atoms with van der Waals surface area (Å²) in [5.41, 5.74) is 11.7. The smallest absolute Gasteiger partial charge is 0.131 e. The van der Waals surface area contributed by atoms with Crippen LogP contribution in [-0.4, -0.2) is 18.1 Å². The molecule has 0 saturated heterocycles. The third kappa shape index (κ3) is 11.2. The number of nitrogens with two attached hydrogens (primary N) is 1. The summed E-state index contributed by atoms with van der Waals surface area (Å²) in [4.78, 5) is 0. The van der Waals surface area contributed by atoms with Crippen LogP contribution in [0.3, 0.4) is 0 Å². The van der Waals surface area contributed by atoms with Crippen molar-refractivity contribution in [1.82, 2.24) is 13.9 Å². The largest absolute Gasteiger partial charge is 0.345 e. The predicted octanol–water partition coefficient (Wildman–Crippen LogP) is 12.1. The van der Waals surface area contributed by atoms with Crippen LogP contribution in [-0.2, 0) is 24.1 Å². The lowest BCUT2D eigenvalue weighted by Gasteiger charge is -2.34. The van der Waals surface area contributed by atoms with Gasteiger partial charge < -0.3 is 14.9 Å². The lowest BCUT2D eigenvalue weighted by molar-refractivity contribution is 0.295. The molecule has 0 aliphatic carbocycles. The number of nitrogens with one attached hydrogen (secondary N) is 1. The Bertz CT molecular complexity index is 2320. The van der Waals surface area contributed by atoms with Crippen molar-refractivity contribution < 1.29 is 21.8 Å². The van der Waals surface area contributed by atoms with Gasteiger partial charge in [-0.15, -0.1) is 0 Å². The Balaban J connectivity index is 0.000000226. The third-order valence-corrected chi connectivity index (χ3v) is 11.5. The standard InChI is InChI=1S/C26H32F2N2OS.C22H24F2N2/c1-25(2,3)24(29-32(31)26(4,5)6)23-14-19(21-15-20(27)12-13-22(21)28)17-30(23)16-18-10-8-7-9-11-18;1-22(2,3)21(25)20-11-16(18-12-17(23)9-10-19(18)24)14-26(20)13-15-7-5-4-6-8-15/h7-15,17,24,29H,16H2,1-6H3;4-12,14,21H,13,25H2,1-3H3/t24-,32?;21-/m00/s1. The zero-order valence-corrected chi connectivity index (χ0v) is 35.7. The molecule has 2 aromatic heterocycles. The Hall–Kier alpha value is -4.77. The van der Waals surface area contributed by atoms with Crippen LogP contribution in [0.4, 0.5) is 17.6 Å². The van der Waals surface area contributed by atoms with E-state index in [9.17, 15) is 21.8 Å². The molecule has 0 bridgehead atoms. The fourth-order valence-electron chi connectivity index (χ4n) is 6.54. The van der Waals surface area contributed by atoms with Crippen LogP contribution in [0, 0.1) is 34.1 Å². The number of aromatic nitrogens is 2. The van der Waals surface area contributed by atoms with Crippen LogP contribution < -0.4 is 10.5 Å². The molecule has 308 valence electrons. The SMILES string of the molecule is CC(C)(C)[C@@H](N)c1cc(-c2cc(F)ccc2F)cn1Cc1ccccc1.CC(C)(C)[C@@H](NS(=O)C(C)(C)C)c1cc(-c2cc(F)ccc2F)cn1Cc1ccccc1. The van der Waals surface area contributed by atoms with Crippen LogP contribution in [0.25, 0.3) is 22.3 Å². The maximum atomic E-state index is 14.6. The van der Waals surface area contributed by atoms with Crippen LogP contribution in [0.2, 0.25) is 0 Å². The van der Waals surface area contributed by atoms with Gasteiger partial charge in [-0.05, 0) is 91.3 Å². The van der Waals surface area contributed by atoms with Gasteiger partial charge >= 0.3 is 0 Å². The van der Waals surface area contributed by atoms with Gasteiger partial charge in [0.15, 0.2) is 0 Å². The first kappa shape index (κ1) is 44.3. The van der Waals surface area contributed by atoms with E-state index in [4.69, 9.17) is 5.73 Å². The predicted molar refractivity (Wildman–Crippen MR) is 230 cm³/mol. The Morgan fingerprint density at radius 2 is 1.00 bits per heavy atom. The molecule has 0 spiro atoms. The minimum atomic E-state index is -1.31. The van der Waals surface area contributed by atoms with E-state index >= 15 is 0 Å². The van der Waals surface area contributed by atoms with Crippen molar-refractivity contribution in [3.8, 4) is 22.3 Å². The van der Waals surface area contributed by atoms with Gasteiger partial charge in [0.25, 0.3) is 0 Å². The summed E-state index contributed by atoms with van der Waals surface area (Å²) < 4.78 is 76.3. The van der Waals surface area contributed by atoms with Crippen LogP contribution in [0.15, 0.2) is 122 Å².